The van der Waals surface area contributed by atoms with E-state index in [1.807, 2.05) is 0 Å². The normalized spacial score (nSPS) is 37.0. The van der Waals surface area contributed by atoms with Crippen molar-refractivity contribution >= 4 is 0 Å². The number of hydrogen-bond acceptors (Lipinski definition) is 2. The van der Waals surface area contributed by atoms with Crippen LogP contribution in [0.3, 0.4) is 0 Å². The molecule has 2 aliphatic rings. The lowest BCUT2D eigenvalue weighted by Crippen LogP contribution is -2.53. The van der Waals surface area contributed by atoms with Crippen LogP contribution in [0.25, 0.3) is 0 Å². The minimum atomic E-state index is -0.322. The topological polar surface area (TPSA) is 18.5 Å². The Hall–Kier alpha value is -0.860. The molecule has 0 N–H and O–H groups in total. The summed E-state index contributed by atoms with van der Waals surface area (Å²) in [4.78, 5) is 0. The van der Waals surface area contributed by atoms with E-state index in [1.165, 1.54) is 18.4 Å². The summed E-state index contributed by atoms with van der Waals surface area (Å²) in [5.74, 6) is 1.91. The molecule has 1 heterocycles. The fourth-order valence-electron chi connectivity index (χ4n) is 4.09. The molecular weight excluding hydrogens is 260 g/mol. The van der Waals surface area contributed by atoms with Gasteiger partial charge in [0.15, 0.2) is 5.79 Å². The molecule has 0 amide bonds. The average molecular weight is 288 g/mol. The zero-order chi connectivity index (χ0) is 14.9. The molecule has 0 unspecified atom stereocenters. The van der Waals surface area contributed by atoms with Crippen molar-refractivity contribution in [2.24, 2.45) is 17.8 Å². The van der Waals surface area contributed by atoms with Gasteiger partial charge in [0.05, 0.1) is 13.2 Å². The lowest BCUT2D eigenvalue weighted by molar-refractivity contribution is -0.322. The van der Waals surface area contributed by atoms with Gasteiger partial charge in [0.25, 0.3) is 0 Å². The highest BCUT2D eigenvalue weighted by molar-refractivity contribution is 5.20. The van der Waals surface area contributed by atoms with Crippen LogP contribution in [0.4, 0.5) is 0 Å². The molecule has 2 fully saturated rings. The van der Waals surface area contributed by atoms with Gasteiger partial charge in [-0.3, -0.25) is 0 Å². The van der Waals surface area contributed by atoms with Gasteiger partial charge in [0.1, 0.15) is 0 Å². The molecule has 1 aliphatic carbocycles. The third kappa shape index (κ3) is 3.02. The monoisotopic (exact) mass is 288 g/mol. The third-order valence-electron chi connectivity index (χ3n) is 5.30. The van der Waals surface area contributed by atoms with E-state index in [0.29, 0.717) is 23.7 Å². The maximum Gasteiger partial charge on any atom is 0.171 e. The van der Waals surface area contributed by atoms with E-state index in [4.69, 9.17) is 9.47 Å². The number of hydrogen-bond donors (Lipinski definition) is 0. The zero-order valence-corrected chi connectivity index (χ0v) is 13.5. The Morgan fingerprint density at radius 3 is 2.33 bits per heavy atom. The highest BCUT2D eigenvalue weighted by atomic mass is 16.7. The fraction of sp³-hybridized carbons (Fsp3) is 0.684. The Kier molecular flexibility index (Phi) is 4.37. The molecule has 2 nitrogen and oxygen atoms in total. The second kappa shape index (κ2) is 6.10. The summed E-state index contributed by atoms with van der Waals surface area (Å²) in [6, 6.07) is 10.6. The zero-order valence-electron chi connectivity index (χ0n) is 13.5. The third-order valence-corrected chi connectivity index (χ3v) is 5.30. The quantitative estimate of drug-likeness (QED) is 0.791. The summed E-state index contributed by atoms with van der Waals surface area (Å²) in [5, 5.41) is 0. The van der Waals surface area contributed by atoms with E-state index < -0.39 is 0 Å². The molecule has 1 aromatic rings. The molecule has 0 radical (unpaired) electrons. The first-order chi connectivity index (χ1) is 10.1. The van der Waals surface area contributed by atoms with Gasteiger partial charge in [-0.2, -0.15) is 0 Å². The van der Waals surface area contributed by atoms with Crippen LogP contribution in [0.2, 0.25) is 0 Å². The average Bonchev–Trinajstić information content (AvgIpc) is 2.48. The standard InChI is InChI=1S/C19H28O2/c1-14(2)18-10-9-15(3)11-19(18)20-12-17(13-21-19)16-7-5-4-6-8-16/h4-8,14-15,17-18H,9-13H2,1-3H3/t15-,17?,18+,19?/m1/s1. The van der Waals surface area contributed by atoms with E-state index in [0.717, 1.165) is 19.6 Å². The Morgan fingerprint density at radius 2 is 1.71 bits per heavy atom. The molecule has 1 saturated carbocycles. The van der Waals surface area contributed by atoms with Crippen molar-refractivity contribution in [2.45, 2.75) is 51.7 Å². The molecule has 2 heteroatoms. The molecular formula is C19H28O2. The summed E-state index contributed by atoms with van der Waals surface area (Å²) in [6.45, 7) is 8.52. The van der Waals surface area contributed by atoms with Gasteiger partial charge < -0.3 is 9.47 Å². The van der Waals surface area contributed by atoms with Gasteiger partial charge in [-0.25, -0.2) is 0 Å². The van der Waals surface area contributed by atoms with Crippen LogP contribution < -0.4 is 0 Å². The summed E-state index contributed by atoms with van der Waals surface area (Å²) in [7, 11) is 0. The van der Waals surface area contributed by atoms with Crippen molar-refractivity contribution in [1.82, 2.24) is 0 Å². The van der Waals surface area contributed by atoms with E-state index in [2.05, 4.69) is 51.1 Å². The first-order valence-corrected chi connectivity index (χ1v) is 8.43. The van der Waals surface area contributed by atoms with Crippen molar-refractivity contribution < 1.29 is 9.47 Å². The minimum Gasteiger partial charge on any atom is -0.349 e. The summed E-state index contributed by atoms with van der Waals surface area (Å²) >= 11 is 0. The van der Waals surface area contributed by atoms with E-state index >= 15 is 0 Å². The number of benzene rings is 1. The van der Waals surface area contributed by atoms with Gasteiger partial charge in [0.2, 0.25) is 0 Å². The van der Waals surface area contributed by atoms with Crippen LogP contribution in [-0.2, 0) is 9.47 Å². The van der Waals surface area contributed by atoms with Crippen molar-refractivity contribution in [3.63, 3.8) is 0 Å². The molecule has 1 aromatic carbocycles. The maximum atomic E-state index is 6.40. The Bertz CT molecular complexity index is 446. The smallest absolute Gasteiger partial charge is 0.171 e. The van der Waals surface area contributed by atoms with Crippen LogP contribution >= 0.6 is 0 Å². The largest absolute Gasteiger partial charge is 0.349 e. The molecule has 21 heavy (non-hydrogen) atoms. The molecule has 1 spiro atoms. The van der Waals surface area contributed by atoms with Gasteiger partial charge in [-0.1, -0.05) is 57.5 Å². The highest BCUT2D eigenvalue weighted by Crippen LogP contribution is 2.46. The lowest BCUT2D eigenvalue weighted by atomic mass is 9.72. The van der Waals surface area contributed by atoms with Gasteiger partial charge in [-0.05, 0) is 23.8 Å². The molecule has 1 saturated heterocycles. The Morgan fingerprint density at radius 1 is 1.05 bits per heavy atom. The van der Waals surface area contributed by atoms with Gasteiger partial charge in [-0.15, -0.1) is 0 Å². The Balaban J connectivity index is 1.73. The van der Waals surface area contributed by atoms with Crippen LogP contribution in [0.5, 0.6) is 0 Å². The predicted molar refractivity (Wildman–Crippen MR) is 85.2 cm³/mol. The predicted octanol–water partition coefficient (Wildman–Crippen LogP) is 4.61. The number of rotatable bonds is 2. The van der Waals surface area contributed by atoms with Crippen molar-refractivity contribution in [3.05, 3.63) is 35.9 Å². The van der Waals surface area contributed by atoms with Crippen molar-refractivity contribution in [2.75, 3.05) is 13.2 Å². The second-order valence-corrected chi connectivity index (χ2v) is 7.28. The maximum absolute atomic E-state index is 6.40. The lowest BCUT2D eigenvalue weighted by Gasteiger charge is -2.50. The van der Waals surface area contributed by atoms with Gasteiger partial charge >= 0.3 is 0 Å². The summed E-state index contributed by atoms with van der Waals surface area (Å²) in [5.41, 5.74) is 1.33. The number of ether oxygens (including phenoxy) is 2. The molecule has 2 atom stereocenters. The first kappa shape index (κ1) is 15.1. The molecule has 0 bridgehead atoms. The van der Waals surface area contributed by atoms with Crippen molar-refractivity contribution in [3.8, 4) is 0 Å². The molecule has 3 rings (SSSR count). The Labute approximate surface area is 128 Å². The van der Waals surface area contributed by atoms with E-state index in [-0.39, 0.29) is 5.79 Å². The SMILES string of the molecule is CC(C)[C@@H]1CC[C@@H](C)CC12OCC(c1ccccc1)CO2. The summed E-state index contributed by atoms with van der Waals surface area (Å²) < 4.78 is 12.8. The van der Waals surface area contributed by atoms with E-state index in [1.54, 1.807) is 0 Å². The molecule has 0 aromatic heterocycles. The summed E-state index contributed by atoms with van der Waals surface area (Å²) in [6.07, 6.45) is 3.59. The van der Waals surface area contributed by atoms with Crippen LogP contribution in [0.15, 0.2) is 30.3 Å². The van der Waals surface area contributed by atoms with Crippen LogP contribution in [-0.4, -0.2) is 19.0 Å². The van der Waals surface area contributed by atoms with Gasteiger partial charge in [0, 0.05) is 18.3 Å². The second-order valence-electron chi connectivity index (χ2n) is 7.28. The first-order valence-electron chi connectivity index (χ1n) is 8.43. The molecule has 1 aliphatic heterocycles. The van der Waals surface area contributed by atoms with E-state index in [9.17, 15) is 0 Å². The highest BCUT2D eigenvalue weighted by Gasteiger charge is 2.49. The van der Waals surface area contributed by atoms with Crippen LogP contribution in [0, 0.1) is 17.8 Å². The molecule has 116 valence electrons. The van der Waals surface area contributed by atoms with Crippen molar-refractivity contribution in [1.29, 1.82) is 0 Å². The fourth-order valence-corrected chi connectivity index (χ4v) is 4.09. The van der Waals surface area contributed by atoms with Crippen LogP contribution in [0.1, 0.15) is 51.5 Å². The minimum absolute atomic E-state index is 0.322.